The van der Waals surface area contributed by atoms with Crippen LogP contribution in [0.3, 0.4) is 0 Å². The van der Waals surface area contributed by atoms with Gasteiger partial charge in [-0.05, 0) is 42.5 Å². The average molecular weight is 436 g/mol. The number of nitro benzene ring substituents is 1. The lowest BCUT2D eigenvalue weighted by molar-refractivity contribution is -0.385. The normalized spacial score (nSPS) is 17.7. The fourth-order valence-electron chi connectivity index (χ4n) is 3.54. The van der Waals surface area contributed by atoms with Crippen molar-refractivity contribution in [2.24, 2.45) is 0 Å². The number of hydrogen-bond donors (Lipinski definition) is 1. The molecule has 1 amide bonds. The minimum atomic E-state index is -1.22. The summed E-state index contributed by atoms with van der Waals surface area (Å²) in [5.41, 5.74) is 0.0573. The number of rotatable bonds is 4. The first-order valence-corrected chi connectivity index (χ1v) is 9.48. The van der Waals surface area contributed by atoms with E-state index in [9.17, 15) is 24.8 Å². The Balaban J connectivity index is 2.01. The lowest BCUT2D eigenvalue weighted by atomic mass is 9.94. The van der Waals surface area contributed by atoms with Crippen LogP contribution in [0, 0.1) is 10.1 Å². The Morgan fingerprint density at radius 1 is 1.06 bits per heavy atom. The standard InChI is InChI=1S/C22H14ClN3O5/c23-14-9-7-13(8-10-14)20(27)18-19(16-5-1-2-6-17(16)26(30)31)25(22(29)21(18)28)15-4-3-11-24-12-15/h1-12,19,27H/t19-/m1/s1. The van der Waals surface area contributed by atoms with Crippen molar-refractivity contribution in [3.05, 3.63) is 105 Å². The Morgan fingerprint density at radius 2 is 1.77 bits per heavy atom. The van der Waals surface area contributed by atoms with E-state index in [0.29, 0.717) is 5.02 Å². The van der Waals surface area contributed by atoms with Gasteiger partial charge < -0.3 is 5.11 Å². The van der Waals surface area contributed by atoms with E-state index in [1.165, 1.54) is 54.9 Å². The van der Waals surface area contributed by atoms with E-state index in [1.807, 2.05) is 0 Å². The van der Waals surface area contributed by atoms with Gasteiger partial charge in [-0.3, -0.25) is 29.6 Å². The lowest BCUT2D eigenvalue weighted by Gasteiger charge is -2.24. The molecule has 9 heteroatoms. The van der Waals surface area contributed by atoms with Gasteiger partial charge in [-0.1, -0.05) is 23.7 Å². The molecule has 0 aliphatic carbocycles. The van der Waals surface area contributed by atoms with E-state index < -0.39 is 28.4 Å². The molecule has 3 aromatic rings. The molecule has 0 saturated carbocycles. The number of aromatic nitrogens is 1. The number of anilines is 1. The number of amides is 1. The molecule has 154 valence electrons. The van der Waals surface area contributed by atoms with Crippen molar-refractivity contribution in [2.45, 2.75) is 6.04 Å². The maximum absolute atomic E-state index is 13.0. The highest BCUT2D eigenvalue weighted by atomic mass is 35.5. The first-order valence-electron chi connectivity index (χ1n) is 9.10. The highest BCUT2D eigenvalue weighted by Gasteiger charge is 2.49. The van der Waals surface area contributed by atoms with Crippen LogP contribution >= 0.6 is 11.6 Å². The first kappa shape index (κ1) is 20.2. The quantitative estimate of drug-likeness (QED) is 0.215. The number of carbonyl (C=O) groups is 2. The second-order valence-corrected chi connectivity index (χ2v) is 7.14. The molecule has 1 aromatic heterocycles. The van der Waals surface area contributed by atoms with Crippen LogP contribution in [0.5, 0.6) is 0 Å². The summed E-state index contributed by atoms with van der Waals surface area (Å²) in [5, 5.41) is 23.1. The summed E-state index contributed by atoms with van der Waals surface area (Å²) in [4.78, 5) is 42.2. The minimum absolute atomic E-state index is 0.0890. The maximum atomic E-state index is 13.0. The number of nitro groups is 1. The predicted molar refractivity (Wildman–Crippen MR) is 114 cm³/mol. The molecule has 4 rings (SSSR count). The third kappa shape index (κ3) is 3.53. The van der Waals surface area contributed by atoms with Crippen molar-refractivity contribution in [3.63, 3.8) is 0 Å². The zero-order valence-electron chi connectivity index (χ0n) is 15.8. The van der Waals surface area contributed by atoms with E-state index >= 15 is 0 Å². The van der Waals surface area contributed by atoms with Crippen molar-refractivity contribution >= 4 is 40.4 Å². The maximum Gasteiger partial charge on any atom is 0.300 e. The van der Waals surface area contributed by atoms with Crippen LogP contribution in [0.1, 0.15) is 17.2 Å². The number of pyridine rings is 1. The molecule has 1 fully saturated rings. The Bertz CT molecular complexity index is 1230. The SMILES string of the molecule is O=C1C(=O)N(c2cccnc2)[C@H](c2ccccc2[N+](=O)[O-])C1=C(O)c1ccc(Cl)cc1. The molecule has 0 spiro atoms. The van der Waals surface area contributed by atoms with Crippen LogP contribution in [-0.4, -0.2) is 26.7 Å². The van der Waals surface area contributed by atoms with Crippen LogP contribution in [0.4, 0.5) is 11.4 Å². The van der Waals surface area contributed by atoms with Gasteiger partial charge in [-0.2, -0.15) is 0 Å². The Labute approximate surface area is 181 Å². The number of benzene rings is 2. The molecule has 0 radical (unpaired) electrons. The van der Waals surface area contributed by atoms with Gasteiger partial charge >= 0.3 is 0 Å². The number of carbonyl (C=O) groups excluding carboxylic acids is 2. The molecule has 1 aliphatic rings. The number of aliphatic hydroxyl groups excluding tert-OH is 1. The van der Waals surface area contributed by atoms with E-state index in [0.717, 1.165) is 4.90 Å². The molecule has 8 nitrogen and oxygen atoms in total. The topological polar surface area (TPSA) is 114 Å². The van der Waals surface area contributed by atoms with Crippen molar-refractivity contribution < 1.29 is 19.6 Å². The fourth-order valence-corrected chi connectivity index (χ4v) is 3.66. The molecule has 2 heterocycles. The summed E-state index contributed by atoms with van der Waals surface area (Å²) in [6, 6.07) is 13.7. The van der Waals surface area contributed by atoms with Gasteiger partial charge in [-0.15, -0.1) is 0 Å². The average Bonchev–Trinajstić information content (AvgIpc) is 3.05. The zero-order valence-corrected chi connectivity index (χ0v) is 16.6. The van der Waals surface area contributed by atoms with Crippen molar-refractivity contribution in [1.29, 1.82) is 0 Å². The summed E-state index contributed by atoms with van der Waals surface area (Å²) < 4.78 is 0. The molecular weight excluding hydrogens is 422 g/mol. The molecule has 1 atom stereocenters. The molecular formula is C22H14ClN3O5. The Morgan fingerprint density at radius 3 is 2.42 bits per heavy atom. The second-order valence-electron chi connectivity index (χ2n) is 6.70. The largest absolute Gasteiger partial charge is 0.507 e. The molecule has 1 saturated heterocycles. The summed E-state index contributed by atoms with van der Waals surface area (Å²) in [5.74, 6) is -2.34. The van der Waals surface area contributed by atoms with Crippen LogP contribution < -0.4 is 4.90 Å². The van der Waals surface area contributed by atoms with Gasteiger partial charge in [0, 0.05) is 22.8 Å². The van der Waals surface area contributed by atoms with Crippen molar-refractivity contribution in [1.82, 2.24) is 4.98 Å². The fraction of sp³-hybridized carbons (Fsp3) is 0.0455. The smallest absolute Gasteiger partial charge is 0.300 e. The van der Waals surface area contributed by atoms with E-state index in [4.69, 9.17) is 11.6 Å². The summed E-state index contributed by atoms with van der Waals surface area (Å²) in [7, 11) is 0. The lowest BCUT2D eigenvalue weighted by Crippen LogP contribution is -2.29. The zero-order chi connectivity index (χ0) is 22.1. The highest BCUT2D eigenvalue weighted by molar-refractivity contribution is 6.51. The van der Waals surface area contributed by atoms with Gasteiger partial charge in [-0.25, -0.2) is 0 Å². The van der Waals surface area contributed by atoms with Gasteiger partial charge in [0.2, 0.25) is 0 Å². The van der Waals surface area contributed by atoms with E-state index in [1.54, 1.807) is 18.2 Å². The van der Waals surface area contributed by atoms with Crippen LogP contribution in [-0.2, 0) is 9.59 Å². The number of hydrogen-bond acceptors (Lipinski definition) is 6. The van der Waals surface area contributed by atoms with Gasteiger partial charge in [0.25, 0.3) is 17.4 Å². The monoisotopic (exact) mass is 435 g/mol. The van der Waals surface area contributed by atoms with Gasteiger partial charge in [0.15, 0.2) is 0 Å². The van der Waals surface area contributed by atoms with Gasteiger partial charge in [0.05, 0.1) is 27.9 Å². The van der Waals surface area contributed by atoms with Crippen molar-refractivity contribution in [2.75, 3.05) is 4.90 Å². The Kier molecular flexibility index (Phi) is 5.22. The molecule has 0 bridgehead atoms. The predicted octanol–water partition coefficient (Wildman–Crippen LogP) is 4.27. The van der Waals surface area contributed by atoms with Crippen LogP contribution in [0.2, 0.25) is 5.02 Å². The number of para-hydroxylation sites is 1. The number of aliphatic hydroxyl groups is 1. The summed E-state index contributed by atoms with van der Waals surface area (Å²) >= 11 is 5.90. The summed E-state index contributed by atoms with van der Waals surface area (Å²) in [6.07, 6.45) is 2.86. The number of halogens is 1. The molecule has 1 N–H and O–H groups in total. The molecule has 31 heavy (non-hydrogen) atoms. The number of ketones is 1. The van der Waals surface area contributed by atoms with Crippen LogP contribution in [0.15, 0.2) is 78.6 Å². The van der Waals surface area contributed by atoms with E-state index in [2.05, 4.69) is 4.98 Å². The number of Topliss-reactive ketones (excluding diaryl/α,β-unsaturated/α-hetero) is 1. The first-order chi connectivity index (χ1) is 14.9. The highest BCUT2D eigenvalue weighted by Crippen LogP contribution is 2.44. The third-order valence-electron chi connectivity index (χ3n) is 4.91. The minimum Gasteiger partial charge on any atom is -0.507 e. The molecule has 2 aromatic carbocycles. The number of nitrogens with zero attached hydrogens (tertiary/aromatic N) is 3. The third-order valence-corrected chi connectivity index (χ3v) is 5.17. The molecule has 1 aliphatic heterocycles. The van der Waals surface area contributed by atoms with E-state index in [-0.39, 0.29) is 28.1 Å². The Hall–Kier alpha value is -4.04. The second kappa shape index (κ2) is 8.00. The molecule has 0 unspecified atom stereocenters. The van der Waals surface area contributed by atoms with Gasteiger partial charge in [0.1, 0.15) is 11.8 Å². The van der Waals surface area contributed by atoms with Crippen LogP contribution in [0.25, 0.3) is 5.76 Å². The van der Waals surface area contributed by atoms with Crippen molar-refractivity contribution in [3.8, 4) is 0 Å². The summed E-state index contributed by atoms with van der Waals surface area (Å²) in [6.45, 7) is 0.